The molecule has 0 aromatic heterocycles. The summed E-state index contributed by atoms with van der Waals surface area (Å²) in [5.74, 6) is -2.56. The quantitative estimate of drug-likeness (QED) is 0.529. The van der Waals surface area contributed by atoms with Gasteiger partial charge in [0.05, 0.1) is 23.2 Å². The summed E-state index contributed by atoms with van der Waals surface area (Å²) in [6.07, 6.45) is 0.510. The summed E-state index contributed by atoms with van der Waals surface area (Å²) in [7, 11) is 0. The number of urea groups is 1. The van der Waals surface area contributed by atoms with E-state index in [1.807, 2.05) is 30.3 Å². The van der Waals surface area contributed by atoms with Gasteiger partial charge >= 0.3 is 12.0 Å². The van der Waals surface area contributed by atoms with Gasteiger partial charge in [0.1, 0.15) is 0 Å². The average Bonchev–Trinajstić information content (AvgIpc) is 3.56. The zero-order valence-electron chi connectivity index (χ0n) is 17.3. The highest BCUT2D eigenvalue weighted by Gasteiger charge is 2.36. The lowest BCUT2D eigenvalue weighted by Gasteiger charge is -2.13. The molecule has 1 unspecified atom stereocenters. The zero-order valence-corrected chi connectivity index (χ0v) is 17.3. The highest BCUT2D eigenvalue weighted by molar-refractivity contribution is 6.21. The van der Waals surface area contributed by atoms with E-state index in [0.29, 0.717) is 0 Å². The van der Waals surface area contributed by atoms with E-state index in [9.17, 15) is 24.0 Å². The Labute approximate surface area is 183 Å². The number of amides is 5. The van der Waals surface area contributed by atoms with Crippen LogP contribution in [0.1, 0.15) is 56.4 Å². The van der Waals surface area contributed by atoms with Gasteiger partial charge in [0.2, 0.25) is 0 Å². The van der Waals surface area contributed by atoms with Gasteiger partial charge in [-0.25, -0.2) is 9.59 Å². The lowest BCUT2D eigenvalue weighted by molar-refractivity contribution is -0.127. The first-order chi connectivity index (χ1) is 15.3. The molecule has 1 saturated carbocycles. The number of esters is 1. The molecule has 0 radical (unpaired) electrons. The predicted molar refractivity (Wildman–Crippen MR) is 112 cm³/mol. The van der Waals surface area contributed by atoms with Gasteiger partial charge in [-0.05, 0) is 43.5 Å². The molecule has 1 atom stereocenters. The Kier molecular flexibility index (Phi) is 5.72. The van der Waals surface area contributed by atoms with E-state index in [1.165, 1.54) is 25.1 Å². The fraction of sp³-hybridized carbons (Fsp3) is 0.261. The number of nitrogens with zero attached hydrogens (tertiary/aromatic N) is 1. The van der Waals surface area contributed by atoms with Crippen LogP contribution in [-0.4, -0.2) is 46.8 Å². The third-order valence-corrected chi connectivity index (χ3v) is 5.19. The smallest absolute Gasteiger partial charge is 0.338 e. The van der Waals surface area contributed by atoms with E-state index in [1.54, 1.807) is 0 Å². The number of rotatable bonds is 6. The molecule has 9 heteroatoms. The molecule has 1 fully saturated rings. The van der Waals surface area contributed by atoms with Crippen LogP contribution in [-0.2, 0) is 16.1 Å². The molecule has 2 aromatic rings. The van der Waals surface area contributed by atoms with Gasteiger partial charge < -0.3 is 10.1 Å². The number of carbonyl (C=O) groups excluding carboxylic acids is 5. The third kappa shape index (κ3) is 4.51. The molecule has 0 spiro atoms. The molecule has 4 rings (SSSR count). The maximum atomic E-state index is 12.8. The highest BCUT2D eigenvalue weighted by Crippen LogP contribution is 2.26. The number of fused-ring (bicyclic) bond motifs is 1. The van der Waals surface area contributed by atoms with Crippen LogP contribution < -0.4 is 10.6 Å². The molecule has 1 heterocycles. The van der Waals surface area contributed by atoms with Gasteiger partial charge in [-0.15, -0.1) is 0 Å². The normalized spacial score (nSPS) is 15.7. The molecule has 1 aliphatic carbocycles. The molecule has 9 nitrogen and oxygen atoms in total. The number of hydrogen-bond donors (Lipinski definition) is 2. The van der Waals surface area contributed by atoms with Gasteiger partial charge in [-0.3, -0.25) is 24.6 Å². The minimum atomic E-state index is -1.23. The number of imide groups is 2. The van der Waals surface area contributed by atoms with Crippen LogP contribution in [0.2, 0.25) is 0 Å². The van der Waals surface area contributed by atoms with E-state index >= 15 is 0 Å². The SMILES string of the molecule is CC(OC(=O)c1ccc2c(c1)C(=O)N(Cc1ccccc1)C2=O)C(=O)NC(=O)NC1CC1. The van der Waals surface area contributed by atoms with Gasteiger partial charge in [-0.2, -0.15) is 0 Å². The van der Waals surface area contributed by atoms with E-state index in [0.717, 1.165) is 23.3 Å². The molecule has 2 aromatic carbocycles. The Morgan fingerprint density at radius 1 is 1.03 bits per heavy atom. The second-order valence-electron chi connectivity index (χ2n) is 7.73. The Hall–Kier alpha value is -4.01. The van der Waals surface area contributed by atoms with Crippen molar-refractivity contribution >= 4 is 29.7 Å². The fourth-order valence-electron chi connectivity index (χ4n) is 3.27. The van der Waals surface area contributed by atoms with E-state index in [4.69, 9.17) is 4.74 Å². The van der Waals surface area contributed by atoms with Crippen LogP contribution in [0, 0.1) is 0 Å². The van der Waals surface area contributed by atoms with Crippen molar-refractivity contribution in [3.63, 3.8) is 0 Å². The lowest BCUT2D eigenvalue weighted by atomic mass is 10.1. The molecule has 32 heavy (non-hydrogen) atoms. The molecular formula is C23H21N3O6. The van der Waals surface area contributed by atoms with E-state index in [-0.39, 0.29) is 29.3 Å². The Balaban J connectivity index is 1.41. The molecule has 0 saturated heterocycles. The van der Waals surface area contributed by atoms with Crippen molar-refractivity contribution < 1.29 is 28.7 Å². The summed E-state index contributed by atoms with van der Waals surface area (Å²) in [6.45, 7) is 1.45. The minimum Gasteiger partial charge on any atom is -0.449 e. The van der Waals surface area contributed by atoms with Crippen molar-refractivity contribution in [3.05, 3.63) is 70.8 Å². The van der Waals surface area contributed by atoms with Crippen molar-refractivity contribution in [3.8, 4) is 0 Å². The van der Waals surface area contributed by atoms with Crippen LogP contribution in [0.3, 0.4) is 0 Å². The van der Waals surface area contributed by atoms with E-state index in [2.05, 4.69) is 10.6 Å². The zero-order chi connectivity index (χ0) is 22.8. The maximum Gasteiger partial charge on any atom is 0.338 e. The Morgan fingerprint density at radius 3 is 2.41 bits per heavy atom. The first-order valence-corrected chi connectivity index (χ1v) is 10.2. The van der Waals surface area contributed by atoms with Crippen molar-refractivity contribution in [2.45, 2.75) is 38.5 Å². The van der Waals surface area contributed by atoms with Gasteiger partial charge in [0.25, 0.3) is 17.7 Å². The summed E-state index contributed by atoms with van der Waals surface area (Å²) >= 11 is 0. The average molecular weight is 435 g/mol. The molecule has 1 aliphatic heterocycles. The van der Waals surface area contributed by atoms with Crippen LogP contribution in [0.5, 0.6) is 0 Å². The third-order valence-electron chi connectivity index (χ3n) is 5.19. The summed E-state index contributed by atoms with van der Waals surface area (Å²) in [5, 5.41) is 4.72. The van der Waals surface area contributed by atoms with Gasteiger partial charge in [-0.1, -0.05) is 30.3 Å². The highest BCUT2D eigenvalue weighted by atomic mass is 16.5. The van der Waals surface area contributed by atoms with Crippen molar-refractivity contribution in [1.29, 1.82) is 0 Å². The molecule has 0 bridgehead atoms. The lowest BCUT2D eigenvalue weighted by Crippen LogP contribution is -2.45. The summed E-state index contributed by atoms with van der Waals surface area (Å²) in [6, 6.07) is 12.6. The minimum absolute atomic E-state index is 0.0218. The largest absolute Gasteiger partial charge is 0.449 e. The number of carbonyl (C=O) groups is 5. The monoisotopic (exact) mass is 435 g/mol. The molecule has 164 valence electrons. The second-order valence-corrected chi connectivity index (χ2v) is 7.73. The first kappa shape index (κ1) is 21.2. The molecule has 2 N–H and O–H groups in total. The van der Waals surface area contributed by atoms with Crippen LogP contribution >= 0.6 is 0 Å². The molecule has 5 amide bonds. The Bertz CT molecular complexity index is 1110. The maximum absolute atomic E-state index is 12.8. The number of benzene rings is 2. The first-order valence-electron chi connectivity index (χ1n) is 10.2. The van der Waals surface area contributed by atoms with Crippen molar-refractivity contribution in [2.24, 2.45) is 0 Å². The fourth-order valence-corrected chi connectivity index (χ4v) is 3.27. The number of ether oxygens (including phenoxy) is 1. The molecular weight excluding hydrogens is 414 g/mol. The summed E-state index contributed by atoms with van der Waals surface area (Å²) < 4.78 is 5.12. The topological polar surface area (TPSA) is 122 Å². The molecule has 2 aliphatic rings. The van der Waals surface area contributed by atoms with E-state index < -0.39 is 35.8 Å². The van der Waals surface area contributed by atoms with Crippen LogP contribution in [0.4, 0.5) is 4.79 Å². The van der Waals surface area contributed by atoms with Crippen molar-refractivity contribution in [2.75, 3.05) is 0 Å². The Morgan fingerprint density at radius 2 is 1.72 bits per heavy atom. The number of nitrogens with one attached hydrogen (secondary N) is 2. The van der Waals surface area contributed by atoms with Gasteiger partial charge in [0.15, 0.2) is 6.10 Å². The summed E-state index contributed by atoms with van der Waals surface area (Å²) in [5.41, 5.74) is 1.12. The number of hydrogen-bond acceptors (Lipinski definition) is 6. The summed E-state index contributed by atoms with van der Waals surface area (Å²) in [4.78, 5) is 62.7. The van der Waals surface area contributed by atoms with Crippen molar-refractivity contribution in [1.82, 2.24) is 15.5 Å². The standard InChI is InChI=1S/C23H21N3O6/c1-13(19(27)25-23(31)24-16-8-9-16)32-22(30)15-7-10-17-18(11-15)21(29)26(20(17)28)12-14-5-3-2-4-6-14/h2-7,10-11,13,16H,8-9,12H2,1H3,(H2,24,25,27,31). The van der Waals surface area contributed by atoms with Crippen LogP contribution in [0.25, 0.3) is 0 Å². The van der Waals surface area contributed by atoms with Crippen LogP contribution in [0.15, 0.2) is 48.5 Å². The second kappa shape index (κ2) is 8.62. The predicted octanol–water partition coefficient (Wildman–Crippen LogP) is 2.02. The van der Waals surface area contributed by atoms with Gasteiger partial charge in [0, 0.05) is 6.04 Å².